The fraction of sp³-hybridized carbons (Fsp3) is 0.227. The molecule has 0 saturated carbocycles. The maximum Gasteiger partial charge on any atom is 0.319 e. The smallest absolute Gasteiger partial charge is 0.319 e. The van der Waals surface area contributed by atoms with E-state index in [4.69, 9.17) is 0 Å². The zero-order valence-electron chi connectivity index (χ0n) is 15.5. The Morgan fingerprint density at radius 3 is 2.42 bits per heavy atom. The summed E-state index contributed by atoms with van der Waals surface area (Å²) in [7, 11) is 0. The topological polar surface area (TPSA) is 46.1 Å². The van der Waals surface area contributed by atoms with Crippen LogP contribution in [-0.4, -0.2) is 10.6 Å². The quantitative estimate of drug-likeness (QED) is 0.685. The number of benzene rings is 2. The van der Waals surface area contributed by atoms with E-state index in [1.165, 1.54) is 11.1 Å². The lowest BCUT2D eigenvalue weighted by Gasteiger charge is -2.12. The Hall–Kier alpha value is -3.01. The maximum atomic E-state index is 12.2. The van der Waals surface area contributed by atoms with E-state index >= 15 is 0 Å². The summed E-state index contributed by atoms with van der Waals surface area (Å²) in [6.07, 6.45) is 2.04. The molecule has 2 amide bonds. The SMILES string of the molecule is Cc1cccc(Cn2cccc2CNC(=O)Nc2cc(C)cc(C)c2)c1. The monoisotopic (exact) mass is 347 g/mol. The summed E-state index contributed by atoms with van der Waals surface area (Å²) in [6.45, 7) is 7.42. The molecule has 4 nitrogen and oxygen atoms in total. The van der Waals surface area contributed by atoms with Crippen LogP contribution in [0.25, 0.3) is 0 Å². The molecule has 0 unspecified atom stereocenters. The summed E-state index contributed by atoms with van der Waals surface area (Å²) < 4.78 is 2.16. The predicted octanol–water partition coefficient (Wildman–Crippen LogP) is 4.78. The first-order valence-electron chi connectivity index (χ1n) is 8.82. The highest BCUT2D eigenvalue weighted by molar-refractivity contribution is 5.89. The number of amides is 2. The zero-order valence-corrected chi connectivity index (χ0v) is 15.5. The summed E-state index contributed by atoms with van der Waals surface area (Å²) >= 11 is 0. The molecule has 4 heteroatoms. The lowest BCUT2D eigenvalue weighted by molar-refractivity contribution is 0.251. The second-order valence-electron chi connectivity index (χ2n) is 6.80. The highest BCUT2D eigenvalue weighted by Gasteiger charge is 2.06. The van der Waals surface area contributed by atoms with Gasteiger partial charge in [-0.1, -0.05) is 35.9 Å². The van der Waals surface area contributed by atoms with E-state index in [0.29, 0.717) is 6.54 Å². The average Bonchev–Trinajstić information content (AvgIpc) is 2.99. The molecule has 0 atom stereocenters. The van der Waals surface area contributed by atoms with E-state index in [1.54, 1.807) is 0 Å². The van der Waals surface area contributed by atoms with E-state index < -0.39 is 0 Å². The van der Waals surface area contributed by atoms with Gasteiger partial charge in [-0.3, -0.25) is 0 Å². The molecule has 0 saturated heterocycles. The first-order valence-corrected chi connectivity index (χ1v) is 8.82. The Labute approximate surface area is 154 Å². The van der Waals surface area contributed by atoms with Gasteiger partial charge >= 0.3 is 6.03 Å². The number of nitrogens with zero attached hydrogens (tertiary/aromatic N) is 1. The van der Waals surface area contributed by atoms with Gasteiger partial charge in [0.1, 0.15) is 0 Å². The predicted molar refractivity (Wildman–Crippen MR) is 106 cm³/mol. The molecule has 0 aliphatic carbocycles. The number of aromatic nitrogens is 1. The van der Waals surface area contributed by atoms with Gasteiger partial charge < -0.3 is 15.2 Å². The number of urea groups is 1. The molecule has 0 fully saturated rings. The summed E-state index contributed by atoms with van der Waals surface area (Å²) in [6, 6.07) is 18.3. The van der Waals surface area contributed by atoms with Gasteiger partial charge in [-0.2, -0.15) is 0 Å². The molecular formula is C22H25N3O. The van der Waals surface area contributed by atoms with Gasteiger partial charge in [0, 0.05) is 24.1 Å². The Balaban J connectivity index is 1.60. The molecule has 0 bridgehead atoms. The molecule has 3 aromatic rings. The molecule has 0 radical (unpaired) electrons. The number of hydrogen-bond donors (Lipinski definition) is 2. The van der Waals surface area contributed by atoms with Gasteiger partial charge in [-0.05, 0) is 61.7 Å². The Morgan fingerprint density at radius 2 is 1.69 bits per heavy atom. The van der Waals surface area contributed by atoms with Crippen LogP contribution in [0.1, 0.15) is 27.9 Å². The minimum atomic E-state index is -0.196. The Bertz CT molecular complexity index is 891. The van der Waals surface area contributed by atoms with Crippen LogP contribution >= 0.6 is 0 Å². The average molecular weight is 347 g/mol. The molecule has 2 N–H and O–H groups in total. The van der Waals surface area contributed by atoms with E-state index in [2.05, 4.69) is 52.5 Å². The van der Waals surface area contributed by atoms with E-state index in [1.807, 2.05) is 44.3 Å². The van der Waals surface area contributed by atoms with Gasteiger partial charge in [0.05, 0.1) is 6.54 Å². The van der Waals surface area contributed by atoms with Crippen molar-refractivity contribution in [3.05, 3.63) is 88.7 Å². The van der Waals surface area contributed by atoms with Gasteiger partial charge in [-0.15, -0.1) is 0 Å². The number of carbonyl (C=O) groups excluding carboxylic acids is 1. The minimum absolute atomic E-state index is 0.196. The lowest BCUT2D eigenvalue weighted by Crippen LogP contribution is -2.29. The maximum absolute atomic E-state index is 12.2. The fourth-order valence-electron chi connectivity index (χ4n) is 3.16. The molecule has 0 aliphatic rings. The van der Waals surface area contributed by atoms with Gasteiger partial charge in [0.25, 0.3) is 0 Å². The third-order valence-corrected chi connectivity index (χ3v) is 4.27. The van der Waals surface area contributed by atoms with Crippen LogP contribution < -0.4 is 10.6 Å². The van der Waals surface area contributed by atoms with Gasteiger partial charge in [0.2, 0.25) is 0 Å². The summed E-state index contributed by atoms with van der Waals surface area (Å²) in [5, 5.41) is 5.84. The summed E-state index contributed by atoms with van der Waals surface area (Å²) in [5.41, 5.74) is 6.65. The van der Waals surface area contributed by atoms with E-state index in [9.17, 15) is 4.79 Å². The number of anilines is 1. The van der Waals surface area contributed by atoms with Crippen LogP contribution in [0.3, 0.4) is 0 Å². The van der Waals surface area contributed by atoms with Gasteiger partial charge in [0.15, 0.2) is 0 Å². The largest absolute Gasteiger partial charge is 0.345 e. The van der Waals surface area contributed by atoms with Crippen LogP contribution in [0, 0.1) is 20.8 Å². The van der Waals surface area contributed by atoms with Crippen molar-refractivity contribution >= 4 is 11.7 Å². The molecule has 0 aliphatic heterocycles. The number of nitrogens with one attached hydrogen (secondary N) is 2. The first-order chi connectivity index (χ1) is 12.5. The van der Waals surface area contributed by atoms with Crippen LogP contribution in [0.2, 0.25) is 0 Å². The van der Waals surface area contributed by atoms with Crippen molar-refractivity contribution in [2.75, 3.05) is 5.32 Å². The summed E-state index contributed by atoms with van der Waals surface area (Å²) in [5.74, 6) is 0. The van der Waals surface area contributed by atoms with Crippen molar-refractivity contribution in [3.63, 3.8) is 0 Å². The summed E-state index contributed by atoms with van der Waals surface area (Å²) in [4.78, 5) is 12.2. The highest BCUT2D eigenvalue weighted by atomic mass is 16.2. The van der Waals surface area contributed by atoms with Crippen LogP contribution in [0.15, 0.2) is 60.8 Å². The third kappa shape index (κ3) is 4.76. The van der Waals surface area contributed by atoms with Crippen molar-refractivity contribution in [2.45, 2.75) is 33.9 Å². The zero-order chi connectivity index (χ0) is 18.5. The number of hydrogen-bond acceptors (Lipinski definition) is 1. The standard InChI is InChI=1S/C22H25N3O/c1-16-6-4-7-19(11-16)15-25-9-5-8-21(25)14-23-22(26)24-20-12-17(2)10-18(3)13-20/h4-13H,14-15H2,1-3H3,(H2,23,24,26). The van der Waals surface area contributed by atoms with Crippen molar-refractivity contribution in [3.8, 4) is 0 Å². The van der Waals surface area contributed by atoms with Crippen molar-refractivity contribution in [2.24, 2.45) is 0 Å². The number of carbonyl (C=O) groups is 1. The molecule has 1 heterocycles. The molecular weight excluding hydrogens is 322 g/mol. The molecule has 2 aromatic carbocycles. The normalized spacial score (nSPS) is 10.6. The Kier molecular flexibility index (Phi) is 5.42. The van der Waals surface area contributed by atoms with Crippen molar-refractivity contribution < 1.29 is 4.79 Å². The van der Waals surface area contributed by atoms with E-state index in [0.717, 1.165) is 29.1 Å². The lowest BCUT2D eigenvalue weighted by atomic mass is 10.1. The Morgan fingerprint density at radius 1 is 0.923 bits per heavy atom. The fourth-order valence-corrected chi connectivity index (χ4v) is 3.16. The highest BCUT2D eigenvalue weighted by Crippen LogP contribution is 2.14. The van der Waals surface area contributed by atoms with Crippen molar-refractivity contribution in [1.82, 2.24) is 9.88 Å². The van der Waals surface area contributed by atoms with Crippen molar-refractivity contribution in [1.29, 1.82) is 0 Å². The molecule has 134 valence electrons. The van der Waals surface area contributed by atoms with Crippen LogP contribution in [-0.2, 0) is 13.1 Å². The first kappa shape index (κ1) is 17.8. The second kappa shape index (κ2) is 7.91. The van der Waals surface area contributed by atoms with Crippen LogP contribution in [0.4, 0.5) is 10.5 Å². The molecule has 3 rings (SSSR count). The third-order valence-electron chi connectivity index (χ3n) is 4.27. The minimum Gasteiger partial charge on any atom is -0.345 e. The number of aryl methyl sites for hydroxylation is 3. The number of rotatable bonds is 5. The molecule has 0 spiro atoms. The van der Waals surface area contributed by atoms with Gasteiger partial charge in [-0.25, -0.2) is 4.79 Å². The second-order valence-corrected chi connectivity index (χ2v) is 6.80. The molecule has 26 heavy (non-hydrogen) atoms. The molecule has 1 aromatic heterocycles. The van der Waals surface area contributed by atoms with Crippen LogP contribution in [0.5, 0.6) is 0 Å². The van der Waals surface area contributed by atoms with E-state index in [-0.39, 0.29) is 6.03 Å².